The van der Waals surface area contributed by atoms with Gasteiger partial charge in [0.2, 0.25) is 0 Å². The predicted octanol–water partition coefficient (Wildman–Crippen LogP) is 3.39. The molecule has 1 unspecified atom stereocenters. The van der Waals surface area contributed by atoms with Crippen molar-refractivity contribution in [3.63, 3.8) is 0 Å². The number of ether oxygens (including phenoxy) is 1. The summed E-state index contributed by atoms with van der Waals surface area (Å²) in [5, 5.41) is 13.8. The van der Waals surface area contributed by atoms with E-state index in [0.717, 1.165) is 36.1 Å². The molecule has 1 saturated carbocycles. The number of β-amino-alcohol motifs (C(OH)–C–C–N with tert-alkyl or cyclic N) is 1. The maximum Gasteiger partial charge on any atom is 0.185 e. The number of nitrogens with one attached hydrogen (secondary N) is 1. The van der Waals surface area contributed by atoms with Crippen LogP contribution in [-0.4, -0.2) is 40.8 Å². The Balaban J connectivity index is 1.37. The minimum absolute atomic E-state index is 0.0362. The summed E-state index contributed by atoms with van der Waals surface area (Å²) in [4.78, 5) is 2.07. The van der Waals surface area contributed by atoms with Gasteiger partial charge in [-0.15, -0.1) is 0 Å². The molecule has 2 fully saturated rings. The smallest absolute Gasteiger partial charge is 0.185 e. The third kappa shape index (κ3) is 2.95. The minimum atomic E-state index is -1.91. The molecule has 166 valence electrons. The molecule has 2 aromatic carbocycles. The lowest BCUT2D eigenvalue weighted by atomic mass is 9.79. The van der Waals surface area contributed by atoms with E-state index in [9.17, 15) is 13.7 Å². The van der Waals surface area contributed by atoms with Crippen molar-refractivity contribution in [1.29, 1.82) is 0 Å². The van der Waals surface area contributed by atoms with E-state index >= 15 is 0 Å². The normalized spacial score (nSPS) is 19.2. The first-order valence-electron chi connectivity index (χ1n) is 10.6. The van der Waals surface area contributed by atoms with Crippen LogP contribution in [0.3, 0.4) is 0 Å². The van der Waals surface area contributed by atoms with E-state index < -0.39 is 16.8 Å². The van der Waals surface area contributed by atoms with Crippen molar-refractivity contribution in [2.45, 2.75) is 35.7 Å². The SMILES string of the molecule is COc1cccc(F)c1S(=O)Nc1noc2c1CC1(CC1)c1ccc(N3CC(O)C3)cc1-2. The molecular weight excluding hydrogens is 433 g/mol. The Morgan fingerprint density at radius 2 is 2.12 bits per heavy atom. The monoisotopic (exact) mass is 455 g/mol. The van der Waals surface area contributed by atoms with Crippen molar-refractivity contribution < 1.29 is 23.0 Å². The van der Waals surface area contributed by atoms with Crippen LogP contribution in [0.5, 0.6) is 5.75 Å². The van der Waals surface area contributed by atoms with E-state index in [2.05, 4.69) is 33.0 Å². The lowest BCUT2D eigenvalue weighted by Crippen LogP contribution is -2.50. The molecule has 1 atom stereocenters. The fourth-order valence-electron chi connectivity index (χ4n) is 4.81. The number of aromatic nitrogens is 1. The number of hydrogen-bond donors (Lipinski definition) is 2. The van der Waals surface area contributed by atoms with Gasteiger partial charge >= 0.3 is 0 Å². The molecule has 2 aliphatic carbocycles. The number of rotatable bonds is 5. The molecule has 0 bridgehead atoms. The Hall–Kier alpha value is -2.91. The van der Waals surface area contributed by atoms with Crippen LogP contribution < -0.4 is 14.4 Å². The second-order valence-corrected chi connectivity index (χ2v) is 9.88. The zero-order valence-corrected chi connectivity index (χ0v) is 18.2. The molecule has 1 aromatic heterocycles. The summed E-state index contributed by atoms with van der Waals surface area (Å²) < 4.78 is 41.2. The highest BCUT2D eigenvalue weighted by atomic mass is 32.2. The highest BCUT2D eigenvalue weighted by Crippen LogP contribution is 2.58. The summed E-state index contributed by atoms with van der Waals surface area (Å²) in [5.74, 6) is 0.613. The molecular formula is C23H22FN3O4S. The van der Waals surface area contributed by atoms with Crippen LogP contribution in [0.2, 0.25) is 0 Å². The van der Waals surface area contributed by atoms with Gasteiger partial charge in [-0.25, -0.2) is 8.60 Å². The maximum atomic E-state index is 14.4. The van der Waals surface area contributed by atoms with Gasteiger partial charge in [0.15, 0.2) is 22.6 Å². The van der Waals surface area contributed by atoms with Crippen molar-refractivity contribution in [3.05, 3.63) is 53.3 Å². The Labute approximate surface area is 186 Å². The molecule has 9 heteroatoms. The molecule has 1 spiro atoms. The highest BCUT2D eigenvalue weighted by Gasteiger charge is 2.50. The van der Waals surface area contributed by atoms with E-state index in [1.54, 1.807) is 6.07 Å². The molecule has 1 saturated heterocycles. The lowest BCUT2D eigenvalue weighted by Gasteiger charge is -2.38. The van der Waals surface area contributed by atoms with Gasteiger partial charge in [-0.3, -0.25) is 4.72 Å². The molecule has 2 N–H and O–H groups in total. The molecule has 7 nitrogen and oxygen atoms in total. The minimum Gasteiger partial charge on any atom is -0.495 e. The molecule has 2 heterocycles. The molecule has 6 rings (SSSR count). The number of hydrogen-bond acceptors (Lipinski definition) is 6. The number of methoxy groups -OCH3 is 1. The largest absolute Gasteiger partial charge is 0.495 e. The second-order valence-electron chi connectivity index (χ2n) is 8.73. The zero-order chi connectivity index (χ0) is 22.0. The summed E-state index contributed by atoms with van der Waals surface area (Å²) in [7, 11) is -0.500. The number of benzene rings is 2. The maximum absolute atomic E-state index is 14.4. The molecule has 3 aromatic rings. The van der Waals surface area contributed by atoms with Gasteiger partial charge in [-0.05, 0) is 49.1 Å². The number of fused-ring (bicyclic) bond motifs is 4. The van der Waals surface area contributed by atoms with Crippen molar-refractivity contribution in [3.8, 4) is 17.1 Å². The van der Waals surface area contributed by atoms with Crippen LogP contribution in [-0.2, 0) is 22.8 Å². The topological polar surface area (TPSA) is 87.8 Å². The van der Waals surface area contributed by atoms with Gasteiger partial charge in [0.25, 0.3) is 0 Å². The quantitative estimate of drug-likeness (QED) is 0.613. The summed E-state index contributed by atoms with van der Waals surface area (Å²) in [6.45, 7) is 1.23. The van der Waals surface area contributed by atoms with Crippen molar-refractivity contribution >= 4 is 22.5 Å². The molecule has 0 amide bonds. The number of aliphatic hydroxyl groups is 1. The molecule has 0 radical (unpaired) electrons. The number of anilines is 2. The van der Waals surface area contributed by atoms with Crippen LogP contribution in [0, 0.1) is 5.82 Å². The third-order valence-electron chi connectivity index (χ3n) is 6.73. The Morgan fingerprint density at radius 3 is 2.84 bits per heavy atom. The zero-order valence-electron chi connectivity index (χ0n) is 17.4. The average Bonchev–Trinajstić information content (AvgIpc) is 3.43. The van der Waals surface area contributed by atoms with Gasteiger partial charge < -0.3 is 19.3 Å². The molecule has 1 aliphatic heterocycles. The van der Waals surface area contributed by atoms with Crippen LogP contribution in [0.4, 0.5) is 15.9 Å². The van der Waals surface area contributed by atoms with Gasteiger partial charge in [0.1, 0.15) is 16.5 Å². The Morgan fingerprint density at radius 1 is 1.31 bits per heavy atom. The fraction of sp³-hybridized carbons (Fsp3) is 0.348. The molecule has 32 heavy (non-hydrogen) atoms. The van der Waals surface area contributed by atoms with E-state index in [1.807, 2.05) is 0 Å². The number of nitrogens with zero attached hydrogens (tertiary/aromatic N) is 2. The lowest BCUT2D eigenvalue weighted by molar-refractivity contribution is 0.142. The van der Waals surface area contributed by atoms with E-state index in [4.69, 9.17) is 9.26 Å². The fourth-order valence-corrected chi connectivity index (χ4v) is 5.83. The van der Waals surface area contributed by atoms with E-state index in [0.29, 0.717) is 24.7 Å². The van der Waals surface area contributed by atoms with E-state index in [-0.39, 0.29) is 22.2 Å². The third-order valence-corrected chi connectivity index (χ3v) is 7.87. The summed E-state index contributed by atoms with van der Waals surface area (Å²) >= 11 is 0. The summed E-state index contributed by atoms with van der Waals surface area (Å²) in [6, 6.07) is 10.7. The average molecular weight is 456 g/mol. The van der Waals surface area contributed by atoms with Crippen LogP contribution >= 0.6 is 0 Å². The van der Waals surface area contributed by atoms with Gasteiger partial charge in [0, 0.05) is 35.3 Å². The van der Waals surface area contributed by atoms with Crippen molar-refractivity contribution in [2.75, 3.05) is 29.8 Å². The standard InChI is InChI=1S/C23H22FN3O4S/c1-30-19-4-2-3-18(24)21(19)32(29)26-22-16-10-23(7-8-23)17-6-5-13(27-11-14(28)12-27)9-15(17)20(16)31-25-22/h2-6,9,14,28H,7-8,10-12H2,1H3,(H,25,26). The van der Waals surface area contributed by atoms with Gasteiger partial charge in [-0.1, -0.05) is 17.3 Å². The highest BCUT2D eigenvalue weighted by molar-refractivity contribution is 7.86. The first kappa shape index (κ1) is 19.8. The van der Waals surface area contributed by atoms with Gasteiger partial charge in [-0.2, -0.15) is 0 Å². The van der Waals surface area contributed by atoms with Crippen molar-refractivity contribution in [1.82, 2.24) is 5.16 Å². The van der Waals surface area contributed by atoms with Gasteiger partial charge in [0.05, 0.1) is 13.2 Å². The molecule has 3 aliphatic rings. The van der Waals surface area contributed by atoms with Crippen LogP contribution in [0.25, 0.3) is 11.3 Å². The van der Waals surface area contributed by atoms with Crippen LogP contribution in [0.15, 0.2) is 45.8 Å². The van der Waals surface area contributed by atoms with Crippen LogP contribution in [0.1, 0.15) is 24.0 Å². The summed E-state index contributed by atoms with van der Waals surface area (Å²) in [5.41, 5.74) is 4.16. The first-order chi connectivity index (χ1) is 15.5. The van der Waals surface area contributed by atoms with E-state index in [1.165, 1.54) is 24.8 Å². The Bertz CT molecular complexity index is 1250. The Kier molecular flexibility index (Phi) is 4.35. The number of aliphatic hydroxyl groups excluding tert-OH is 1. The van der Waals surface area contributed by atoms with Crippen molar-refractivity contribution in [2.24, 2.45) is 0 Å². The summed E-state index contributed by atoms with van der Waals surface area (Å²) in [6.07, 6.45) is 2.57. The first-order valence-corrected chi connectivity index (χ1v) is 11.7. The predicted molar refractivity (Wildman–Crippen MR) is 118 cm³/mol. The second kappa shape index (κ2) is 7.05. The number of halogens is 1.